The Balaban J connectivity index is 2.76. The number of benzene rings is 1. The van der Waals surface area contributed by atoms with Gasteiger partial charge in [-0.1, -0.05) is 19.9 Å². The lowest BCUT2D eigenvalue weighted by atomic mass is 9.80. The molecular weight excluding hydrogens is 244 g/mol. The standard InChI is InChI=1S/C16H25F2N/c1-6-16(5,11-19-15(2,3)4)10-12-7-8-13(17)14(18)9-12/h7-9,19H,6,10-11H2,1-5H3. The number of hydrogen-bond donors (Lipinski definition) is 1. The van der Waals surface area contributed by atoms with Crippen molar-refractivity contribution in [3.63, 3.8) is 0 Å². The van der Waals surface area contributed by atoms with E-state index >= 15 is 0 Å². The van der Waals surface area contributed by atoms with Gasteiger partial charge in [0, 0.05) is 12.1 Å². The zero-order valence-corrected chi connectivity index (χ0v) is 12.6. The van der Waals surface area contributed by atoms with Crippen molar-refractivity contribution in [1.29, 1.82) is 0 Å². The van der Waals surface area contributed by atoms with Crippen LogP contribution < -0.4 is 5.32 Å². The van der Waals surface area contributed by atoms with Gasteiger partial charge in [0.05, 0.1) is 0 Å². The summed E-state index contributed by atoms with van der Waals surface area (Å²) in [7, 11) is 0. The zero-order chi connectivity index (χ0) is 14.7. The van der Waals surface area contributed by atoms with Crippen molar-refractivity contribution >= 4 is 0 Å². The normalized spacial score (nSPS) is 15.3. The van der Waals surface area contributed by atoms with Gasteiger partial charge in [-0.2, -0.15) is 0 Å². The Bertz CT molecular complexity index is 423. The molecule has 0 saturated carbocycles. The van der Waals surface area contributed by atoms with E-state index in [2.05, 4.69) is 39.9 Å². The summed E-state index contributed by atoms with van der Waals surface area (Å²) in [6.07, 6.45) is 1.72. The topological polar surface area (TPSA) is 12.0 Å². The maximum Gasteiger partial charge on any atom is 0.159 e. The van der Waals surface area contributed by atoms with E-state index in [0.717, 1.165) is 24.9 Å². The van der Waals surface area contributed by atoms with Crippen LogP contribution in [0.4, 0.5) is 8.78 Å². The van der Waals surface area contributed by atoms with Gasteiger partial charge >= 0.3 is 0 Å². The van der Waals surface area contributed by atoms with Crippen LogP contribution in [0, 0.1) is 17.0 Å². The highest BCUT2D eigenvalue weighted by Crippen LogP contribution is 2.27. The first kappa shape index (κ1) is 16.1. The molecule has 1 nitrogen and oxygen atoms in total. The summed E-state index contributed by atoms with van der Waals surface area (Å²) >= 11 is 0. The molecule has 1 rings (SSSR count). The van der Waals surface area contributed by atoms with Crippen LogP contribution in [-0.2, 0) is 6.42 Å². The number of hydrogen-bond acceptors (Lipinski definition) is 1. The maximum atomic E-state index is 13.2. The minimum atomic E-state index is -0.783. The molecule has 0 spiro atoms. The van der Waals surface area contributed by atoms with E-state index < -0.39 is 11.6 Å². The molecule has 0 aromatic heterocycles. The Morgan fingerprint density at radius 2 is 1.68 bits per heavy atom. The monoisotopic (exact) mass is 269 g/mol. The molecule has 0 saturated heterocycles. The third-order valence-corrected chi connectivity index (χ3v) is 3.51. The van der Waals surface area contributed by atoms with Crippen LogP contribution in [-0.4, -0.2) is 12.1 Å². The van der Waals surface area contributed by atoms with Crippen LogP contribution in [0.3, 0.4) is 0 Å². The summed E-state index contributed by atoms with van der Waals surface area (Å²) in [5, 5.41) is 3.49. The van der Waals surface area contributed by atoms with E-state index in [1.807, 2.05) is 0 Å². The number of halogens is 2. The van der Waals surface area contributed by atoms with Crippen LogP contribution in [0.5, 0.6) is 0 Å². The van der Waals surface area contributed by atoms with Crippen LogP contribution in [0.25, 0.3) is 0 Å². The third-order valence-electron chi connectivity index (χ3n) is 3.51. The van der Waals surface area contributed by atoms with Gasteiger partial charge in [0.2, 0.25) is 0 Å². The molecular formula is C16H25F2N. The second-order valence-corrected chi connectivity index (χ2v) is 6.69. The molecule has 1 unspecified atom stereocenters. The van der Waals surface area contributed by atoms with Crippen molar-refractivity contribution in [3.8, 4) is 0 Å². The minimum Gasteiger partial charge on any atom is -0.312 e. The van der Waals surface area contributed by atoms with Gasteiger partial charge in [-0.15, -0.1) is 0 Å². The number of rotatable bonds is 5. The zero-order valence-electron chi connectivity index (χ0n) is 12.6. The molecule has 0 aliphatic carbocycles. The molecule has 1 aromatic carbocycles. The SMILES string of the molecule is CCC(C)(CNC(C)(C)C)Cc1ccc(F)c(F)c1. The molecule has 0 amide bonds. The molecule has 0 aliphatic heterocycles. The Morgan fingerprint density at radius 1 is 1.05 bits per heavy atom. The molecule has 1 atom stereocenters. The lowest BCUT2D eigenvalue weighted by Gasteiger charge is -2.33. The van der Waals surface area contributed by atoms with E-state index in [1.54, 1.807) is 6.07 Å². The molecule has 0 bridgehead atoms. The predicted octanol–water partition coefficient (Wildman–Crippen LogP) is 4.31. The first-order valence-electron chi connectivity index (χ1n) is 6.84. The van der Waals surface area contributed by atoms with E-state index in [0.29, 0.717) is 0 Å². The van der Waals surface area contributed by atoms with Crippen molar-refractivity contribution in [1.82, 2.24) is 5.32 Å². The highest BCUT2D eigenvalue weighted by Gasteiger charge is 2.25. The summed E-state index contributed by atoms with van der Waals surface area (Å²) in [5.41, 5.74) is 0.945. The summed E-state index contributed by atoms with van der Waals surface area (Å²) in [5.74, 6) is -1.55. The lowest BCUT2D eigenvalue weighted by molar-refractivity contribution is 0.254. The largest absolute Gasteiger partial charge is 0.312 e. The fourth-order valence-electron chi connectivity index (χ4n) is 1.93. The Kier molecular flexibility index (Phi) is 5.08. The number of nitrogens with one attached hydrogen (secondary N) is 1. The summed E-state index contributed by atoms with van der Waals surface area (Å²) in [4.78, 5) is 0. The molecule has 0 heterocycles. The summed E-state index contributed by atoms with van der Waals surface area (Å²) in [6, 6.07) is 4.18. The third kappa shape index (κ3) is 5.27. The average molecular weight is 269 g/mol. The second kappa shape index (κ2) is 6.00. The van der Waals surface area contributed by atoms with Crippen molar-refractivity contribution < 1.29 is 8.78 Å². The van der Waals surface area contributed by atoms with Gasteiger partial charge in [0.15, 0.2) is 11.6 Å². The molecule has 0 radical (unpaired) electrons. The molecule has 19 heavy (non-hydrogen) atoms. The van der Waals surface area contributed by atoms with Crippen molar-refractivity contribution in [2.75, 3.05) is 6.54 Å². The fraction of sp³-hybridized carbons (Fsp3) is 0.625. The van der Waals surface area contributed by atoms with Gasteiger partial charge in [0.25, 0.3) is 0 Å². The van der Waals surface area contributed by atoms with Gasteiger partial charge in [0.1, 0.15) is 0 Å². The highest BCUT2D eigenvalue weighted by molar-refractivity contribution is 5.19. The van der Waals surface area contributed by atoms with E-state index in [-0.39, 0.29) is 11.0 Å². The Labute approximate surface area is 115 Å². The predicted molar refractivity (Wildman–Crippen MR) is 76.2 cm³/mol. The first-order valence-corrected chi connectivity index (χ1v) is 6.84. The van der Waals surface area contributed by atoms with Crippen LogP contribution >= 0.6 is 0 Å². The maximum absolute atomic E-state index is 13.2. The van der Waals surface area contributed by atoms with E-state index in [1.165, 1.54) is 12.1 Å². The van der Waals surface area contributed by atoms with Gasteiger partial charge in [-0.3, -0.25) is 0 Å². The van der Waals surface area contributed by atoms with Crippen molar-refractivity contribution in [2.45, 2.75) is 53.0 Å². The quantitative estimate of drug-likeness (QED) is 0.839. The molecule has 1 N–H and O–H groups in total. The van der Waals surface area contributed by atoms with Crippen LogP contribution in [0.15, 0.2) is 18.2 Å². The fourth-order valence-corrected chi connectivity index (χ4v) is 1.93. The van der Waals surface area contributed by atoms with Gasteiger partial charge < -0.3 is 5.32 Å². The van der Waals surface area contributed by atoms with Gasteiger partial charge in [-0.25, -0.2) is 8.78 Å². The minimum absolute atomic E-state index is 0.0392. The molecule has 1 aromatic rings. The Morgan fingerprint density at radius 3 is 2.16 bits per heavy atom. The summed E-state index contributed by atoms with van der Waals surface area (Å²) in [6.45, 7) is 11.5. The van der Waals surface area contributed by atoms with Crippen molar-refractivity contribution in [2.24, 2.45) is 5.41 Å². The average Bonchev–Trinajstić information content (AvgIpc) is 2.31. The van der Waals surface area contributed by atoms with E-state index in [9.17, 15) is 8.78 Å². The first-order chi connectivity index (χ1) is 8.65. The second-order valence-electron chi connectivity index (χ2n) is 6.69. The smallest absolute Gasteiger partial charge is 0.159 e. The lowest BCUT2D eigenvalue weighted by Crippen LogP contribution is -2.43. The molecule has 0 fully saturated rings. The molecule has 3 heteroatoms. The highest BCUT2D eigenvalue weighted by atomic mass is 19.2. The molecule has 108 valence electrons. The van der Waals surface area contributed by atoms with Crippen molar-refractivity contribution in [3.05, 3.63) is 35.4 Å². The summed E-state index contributed by atoms with van der Waals surface area (Å²) < 4.78 is 26.2. The van der Waals surface area contributed by atoms with Crippen LogP contribution in [0.2, 0.25) is 0 Å². The molecule has 0 aliphatic rings. The van der Waals surface area contributed by atoms with E-state index in [4.69, 9.17) is 0 Å². The van der Waals surface area contributed by atoms with Crippen LogP contribution in [0.1, 0.15) is 46.6 Å². The van der Waals surface area contributed by atoms with Gasteiger partial charge in [-0.05, 0) is 56.7 Å². The Hall–Kier alpha value is -0.960.